The molecule has 0 aliphatic rings. The molecule has 0 saturated carbocycles. The molecule has 100 valence electrons. The second kappa shape index (κ2) is 6.25. The number of alkyl halides is 2. The van der Waals surface area contributed by atoms with Gasteiger partial charge in [-0.3, -0.25) is 9.80 Å². The van der Waals surface area contributed by atoms with Gasteiger partial charge in [0.1, 0.15) is 11.6 Å². The summed E-state index contributed by atoms with van der Waals surface area (Å²) in [5.74, 6) is -1.16. The van der Waals surface area contributed by atoms with E-state index in [-0.39, 0.29) is 23.8 Å². The number of amides is 1. The molecule has 0 fully saturated rings. The summed E-state index contributed by atoms with van der Waals surface area (Å²) in [4.78, 5) is 10.9. The number of hydrogen-bond acceptors (Lipinski definition) is 3. The van der Waals surface area contributed by atoms with Gasteiger partial charge >= 0.3 is 6.61 Å². The second-order valence-corrected chi connectivity index (χ2v) is 3.54. The highest BCUT2D eigenvalue weighted by Gasteiger charge is 2.09. The number of carbonyl (C=O) groups excluding carboxylic acids is 1. The first-order valence-corrected chi connectivity index (χ1v) is 5.11. The molecule has 0 saturated heterocycles. The third-order valence-corrected chi connectivity index (χ3v) is 2.23. The largest absolute Gasteiger partial charge is 0.435 e. The average Bonchev–Trinajstić information content (AvgIpc) is 2.26. The van der Waals surface area contributed by atoms with Crippen LogP contribution < -0.4 is 10.2 Å². The minimum absolute atomic E-state index is 0.0663. The molecule has 0 bridgehead atoms. The zero-order valence-electron chi connectivity index (χ0n) is 9.91. The average molecular weight is 262 g/mol. The minimum Gasteiger partial charge on any atom is -0.435 e. The first-order chi connectivity index (χ1) is 8.40. The molecule has 0 atom stereocenters. The molecule has 0 unspecified atom stereocenters. The van der Waals surface area contributed by atoms with E-state index in [9.17, 15) is 18.0 Å². The molecular weight excluding hydrogens is 249 g/mol. The summed E-state index contributed by atoms with van der Waals surface area (Å²) < 4.78 is 41.3. The number of hydrazine groups is 1. The van der Waals surface area contributed by atoms with Crippen molar-refractivity contribution < 1.29 is 22.7 Å². The fraction of sp³-hybridized carbons (Fsp3) is 0.364. The number of nitrogens with one attached hydrogen (secondary N) is 1. The van der Waals surface area contributed by atoms with E-state index < -0.39 is 12.4 Å². The number of rotatable bonds is 5. The van der Waals surface area contributed by atoms with Crippen molar-refractivity contribution in [3.05, 3.63) is 29.6 Å². The van der Waals surface area contributed by atoms with Crippen molar-refractivity contribution in [2.24, 2.45) is 0 Å². The monoisotopic (exact) mass is 262 g/mol. The van der Waals surface area contributed by atoms with Crippen LogP contribution in [0.4, 0.5) is 13.2 Å². The number of nitrogens with zero attached hydrogens (tertiary/aromatic N) is 1. The van der Waals surface area contributed by atoms with Crippen LogP contribution in [-0.4, -0.2) is 24.6 Å². The summed E-state index contributed by atoms with van der Waals surface area (Å²) in [5, 5.41) is 1.20. The molecule has 1 aromatic rings. The summed E-state index contributed by atoms with van der Waals surface area (Å²) in [6.45, 7) is -1.57. The van der Waals surface area contributed by atoms with Crippen molar-refractivity contribution in [3.8, 4) is 5.75 Å². The Morgan fingerprint density at radius 3 is 2.67 bits per heavy atom. The van der Waals surface area contributed by atoms with Gasteiger partial charge in [-0.25, -0.2) is 9.82 Å². The van der Waals surface area contributed by atoms with Crippen molar-refractivity contribution >= 4 is 5.91 Å². The van der Waals surface area contributed by atoms with Crippen molar-refractivity contribution in [2.75, 3.05) is 7.05 Å². The third-order valence-electron chi connectivity index (χ3n) is 2.23. The van der Waals surface area contributed by atoms with E-state index in [1.807, 2.05) is 0 Å². The maximum absolute atomic E-state index is 13.5. The minimum atomic E-state index is -2.99. The number of benzene rings is 1. The zero-order chi connectivity index (χ0) is 13.7. The molecule has 0 aliphatic heterocycles. The van der Waals surface area contributed by atoms with Gasteiger partial charge in [0.15, 0.2) is 0 Å². The predicted octanol–water partition coefficient (Wildman–Crippen LogP) is 1.91. The van der Waals surface area contributed by atoms with Crippen molar-refractivity contribution in [2.45, 2.75) is 20.1 Å². The van der Waals surface area contributed by atoms with Crippen LogP contribution in [-0.2, 0) is 11.3 Å². The molecule has 0 radical (unpaired) electrons. The Morgan fingerprint density at radius 2 is 2.17 bits per heavy atom. The highest BCUT2D eigenvalue weighted by molar-refractivity contribution is 5.72. The highest BCUT2D eigenvalue weighted by Crippen LogP contribution is 2.18. The van der Waals surface area contributed by atoms with Gasteiger partial charge in [0.25, 0.3) is 0 Å². The molecule has 18 heavy (non-hydrogen) atoms. The molecule has 1 rings (SSSR count). The third kappa shape index (κ3) is 4.25. The van der Waals surface area contributed by atoms with Crippen LogP contribution in [0, 0.1) is 5.82 Å². The van der Waals surface area contributed by atoms with Gasteiger partial charge in [-0.05, 0) is 6.07 Å². The van der Waals surface area contributed by atoms with Crippen LogP contribution in [0.5, 0.6) is 5.75 Å². The summed E-state index contributed by atoms with van der Waals surface area (Å²) in [7, 11) is 1.49. The van der Waals surface area contributed by atoms with Gasteiger partial charge < -0.3 is 4.74 Å². The lowest BCUT2D eigenvalue weighted by atomic mass is 10.2. The molecule has 1 aromatic carbocycles. The van der Waals surface area contributed by atoms with Gasteiger partial charge in [0, 0.05) is 32.1 Å². The van der Waals surface area contributed by atoms with E-state index in [4.69, 9.17) is 0 Å². The number of halogens is 3. The van der Waals surface area contributed by atoms with E-state index in [1.165, 1.54) is 31.1 Å². The van der Waals surface area contributed by atoms with Crippen molar-refractivity contribution in [1.29, 1.82) is 0 Å². The quantitative estimate of drug-likeness (QED) is 0.824. The number of hydrogen-bond donors (Lipinski definition) is 1. The molecule has 4 nitrogen and oxygen atoms in total. The summed E-state index contributed by atoms with van der Waals surface area (Å²) in [6.07, 6.45) is 0. The lowest BCUT2D eigenvalue weighted by Crippen LogP contribution is -2.37. The Kier molecular flexibility index (Phi) is 4.96. The Balaban J connectivity index is 2.65. The molecule has 0 spiro atoms. The van der Waals surface area contributed by atoms with Crippen LogP contribution in [0.2, 0.25) is 0 Å². The Morgan fingerprint density at radius 1 is 1.50 bits per heavy atom. The van der Waals surface area contributed by atoms with E-state index in [0.29, 0.717) is 0 Å². The fourth-order valence-electron chi connectivity index (χ4n) is 1.16. The van der Waals surface area contributed by atoms with Gasteiger partial charge in [0.05, 0.1) is 0 Å². The van der Waals surface area contributed by atoms with Crippen LogP contribution in [0.3, 0.4) is 0 Å². The molecule has 1 N–H and O–H groups in total. The first-order valence-electron chi connectivity index (χ1n) is 5.11. The van der Waals surface area contributed by atoms with Crippen LogP contribution in [0.1, 0.15) is 12.5 Å². The van der Waals surface area contributed by atoms with Crippen LogP contribution >= 0.6 is 0 Å². The molecule has 1 amide bonds. The van der Waals surface area contributed by atoms with Gasteiger partial charge in [0.2, 0.25) is 5.91 Å². The first kappa shape index (κ1) is 14.3. The second-order valence-electron chi connectivity index (χ2n) is 3.54. The van der Waals surface area contributed by atoms with Gasteiger partial charge in [-0.2, -0.15) is 8.78 Å². The molecular formula is C11H13F3N2O2. The van der Waals surface area contributed by atoms with E-state index >= 15 is 0 Å². The normalized spacial score (nSPS) is 10.6. The van der Waals surface area contributed by atoms with Crippen LogP contribution in [0.15, 0.2) is 18.2 Å². The summed E-state index contributed by atoms with van der Waals surface area (Å²) in [5.41, 5.74) is 2.89. The SMILES string of the molecule is CC(=O)N(C)NCc1ccc(OC(F)F)cc1F. The van der Waals surface area contributed by atoms with Crippen molar-refractivity contribution in [3.63, 3.8) is 0 Å². The maximum atomic E-state index is 13.5. The lowest BCUT2D eigenvalue weighted by molar-refractivity contribution is -0.130. The lowest BCUT2D eigenvalue weighted by Gasteiger charge is -2.16. The molecule has 7 heteroatoms. The van der Waals surface area contributed by atoms with E-state index in [0.717, 1.165) is 6.07 Å². The molecule has 0 heterocycles. The van der Waals surface area contributed by atoms with E-state index in [1.54, 1.807) is 0 Å². The fourth-order valence-corrected chi connectivity index (χ4v) is 1.16. The van der Waals surface area contributed by atoms with Gasteiger partial charge in [-0.1, -0.05) is 6.07 Å². The Hall–Kier alpha value is -1.76. The molecule has 0 aliphatic carbocycles. The molecule has 0 aromatic heterocycles. The van der Waals surface area contributed by atoms with Crippen molar-refractivity contribution in [1.82, 2.24) is 10.4 Å². The summed E-state index contributed by atoms with van der Waals surface area (Å²) >= 11 is 0. The topological polar surface area (TPSA) is 41.6 Å². The standard InChI is InChI=1S/C11H13F3N2O2/c1-7(17)16(2)15-6-8-3-4-9(5-10(8)12)18-11(13)14/h3-5,11,15H,6H2,1-2H3. The predicted molar refractivity (Wildman–Crippen MR) is 58.3 cm³/mol. The van der Waals surface area contributed by atoms with Crippen LogP contribution in [0.25, 0.3) is 0 Å². The Bertz CT molecular complexity index is 427. The summed E-state index contributed by atoms with van der Waals surface area (Å²) in [6, 6.07) is 3.42. The van der Waals surface area contributed by atoms with Gasteiger partial charge in [-0.15, -0.1) is 0 Å². The number of carbonyl (C=O) groups is 1. The van der Waals surface area contributed by atoms with E-state index in [2.05, 4.69) is 10.2 Å². The Labute approximate surface area is 102 Å². The zero-order valence-corrected chi connectivity index (χ0v) is 9.91. The maximum Gasteiger partial charge on any atom is 0.387 e. The smallest absolute Gasteiger partial charge is 0.387 e. The number of ether oxygens (including phenoxy) is 1. The highest BCUT2D eigenvalue weighted by atomic mass is 19.3.